The summed E-state index contributed by atoms with van der Waals surface area (Å²) in [6, 6.07) is 8.91. The number of hydrogen-bond donors (Lipinski definition) is 1. The molecule has 19 heavy (non-hydrogen) atoms. The molecule has 0 amide bonds. The molecule has 0 aromatic heterocycles. The second-order valence-electron chi connectivity index (χ2n) is 5.24. The summed E-state index contributed by atoms with van der Waals surface area (Å²) in [6.45, 7) is 0.944. The summed E-state index contributed by atoms with van der Waals surface area (Å²) in [5.41, 5.74) is 1.37. The first-order valence-corrected chi connectivity index (χ1v) is 7.23. The zero-order chi connectivity index (χ0) is 13.5. The van der Waals surface area contributed by atoms with Crippen molar-refractivity contribution in [2.45, 2.75) is 44.2 Å². The van der Waals surface area contributed by atoms with Gasteiger partial charge in [-0.1, -0.05) is 12.1 Å². The molecule has 2 unspecified atom stereocenters. The average molecular weight is 263 g/mol. The van der Waals surface area contributed by atoms with Crippen molar-refractivity contribution in [3.05, 3.63) is 29.8 Å². The van der Waals surface area contributed by atoms with Crippen LogP contribution in [0.1, 0.15) is 31.2 Å². The summed E-state index contributed by atoms with van der Waals surface area (Å²) < 4.78 is 10.9. The third-order valence-corrected chi connectivity index (χ3v) is 3.92. The summed E-state index contributed by atoms with van der Waals surface area (Å²) in [5.74, 6) is 0.924. The lowest BCUT2D eigenvalue weighted by Gasteiger charge is -2.19. The van der Waals surface area contributed by atoms with Crippen molar-refractivity contribution in [1.82, 2.24) is 5.32 Å². The van der Waals surface area contributed by atoms with E-state index >= 15 is 0 Å². The molecule has 3 nitrogen and oxygen atoms in total. The fourth-order valence-corrected chi connectivity index (χ4v) is 2.66. The maximum Gasteiger partial charge on any atom is 0.118 e. The van der Waals surface area contributed by atoms with Crippen LogP contribution in [-0.2, 0) is 11.2 Å². The lowest BCUT2D eigenvalue weighted by molar-refractivity contribution is 0.0945. The molecule has 106 valence electrons. The predicted molar refractivity (Wildman–Crippen MR) is 77.8 cm³/mol. The Balaban J connectivity index is 1.77. The van der Waals surface area contributed by atoms with Gasteiger partial charge < -0.3 is 14.8 Å². The molecule has 0 aliphatic carbocycles. The van der Waals surface area contributed by atoms with Crippen molar-refractivity contribution in [3.63, 3.8) is 0 Å². The van der Waals surface area contributed by atoms with Crippen molar-refractivity contribution in [2.24, 2.45) is 0 Å². The molecular formula is C16H25NO2. The molecule has 0 radical (unpaired) electrons. The van der Waals surface area contributed by atoms with Crippen molar-refractivity contribution in [3.8, 4) is 5.75 Å². The van der Waals surface area contributed by atoms with Gasteiger partial charge in [0.1, 0.15) is 5.75 Å². The second kappa shape index (κ2) is 7.51. The summed E-state index contributed by atoms with van der Waals surface area (Å²) >= 11 is 0. The van der Waals surface area contributed by atoms with E-state index in [1.54, 1.807) is 7.11 Å². The Hall–Kier alpha value is -1.06. The summed E-state index contributed by atoms with van der Waals surface area (Å²) in [5, 5.41) is 3.42. The van der Waals surface area contributed by atoms with Crippen LogP contribution >= 0.6 is 0 Å². The van der Waals surface area contributed by atoms with Crippen LogP contribution in [-0.4, -0.2) is 32.9 Å². The number of ether oxygens (including phenoxy) is 2. The fourth-order valence-electron chi connectivity index (χ4n) is 2.66. The number of nitrogens with one attached hydrogen (secondary N) is 1. The van der Waals surface area contributed by atoms with Crippen molar-refractivity contribution in [2.75, 3.05) is 20.8 Å². The van der Waals surface area contributed by atoms with E-state index in [2.05, 4.69) is 17.4 Å². The normalized spacial score (nSPS) is 20.4. The second-order valence-corrected chi connectivity index (χ2v) is 5.24. The van der Waals surface area contributed by atoms with Gasteiger partial charge in [-0.2, -0.15) is 0 Å². The minimum atomic E-state index is 0.466. The molecule has 0 spiro atoms. The van der Waals surface area contributed by atoms with Crippen LogP contribution in [0.3, 0.4) is 0 Å². The Morgan fingerprint density at radius 1 is 1.37 bits per heavy atom. The van der Waals surface area contributed by atoms with E-state index in [4.69, 9.17) is 9.47 Å². The Morgan fingerprint density at radius 3 is 2.74 bits per heavy atom. The maximum atomic E-state index is 5.71. The summed E-state index contributed by atoms with van der Waals surface area (Å²) in [6.07, 6.45) is 6.30. The van der Waals surface area contributed by atoms with Crippen LogP contribution in [0, 0.1) is 0 Å². The quantitative estimate of drug-likeness (QED) is 0.820. The Labute approximate surface area is 116 Å². The van der Waals surface area contributed by atoms with Crippen LogP contribution in [0.5, 0.6) is 5.75 Å². The summed E-state index contributed by atoms with van der Waals surface area (Å²) in [7, 11) is 3.75. The van der Waals surface area contributed by atoms with Gasteiger partial charge in [0.25, 0.3) is 0 Å². The van der Waals surface area contributed by atoms with Crippen LogP contribution < -0.4 is 10.1 Å². The zero-order valence-corrected chi connectivity index (χ0v) is 12.0. The van der Waals surface area contributed by atoms with Crippen LogP contribution in [0.25, 0.3) is 0 Å². The molecule has 1 heterocycles. The fraction of sp³-hybridized carbons (Fsp3) is 0.625. The SMILES string of the molecule is CNC(CCc1ccc(OC)cc1)CC1CCCO1. The Bertz CT molecular complexity index is 358. The van der Waals surface area contributed by atoms with Crippen LogP contribution in [0.2, 0.25) is 0 Å². The number of aryl methyl sites for hydroxylation is 1. The Kier molecular flexibility index (Phi) is 5.67. The van der Waals surface area contributed by atoms with E-state index in [0.29, 0.717) is 12.1 Å². The molecule has 1 saturated heterocycles. The van der Waals surface area contributed by atoms with E-state index in [1.807, 2.05) is 19.2 Å². The maximum absolute atomic E-state index is 5.71. The molecule has 1 fully saturated rings. The molecule has 0 bridgehead atoms. The van der Waals surface area contributed by atoms with Gasteiger partial charge in [0.05, 0.1) is 13.2 Å². The molecule has 1 aromatic carbocycles. The summed E-state index contributed by atoms with van der Waals surface area (Å²) in [4.78, 5) is 0. The molecule has 1 N–H and O–H groups in total. The van der Waals surface area contributed by atoms with Gasteiger partial charge in [0, 0.05) is 12.6 Å². The van der Waals surface area contributed by atoms with Crippen molar-refractivity contribution < 1.29 is 9.47 Å². The highest BCUT2D eigenvalue weighted by molar-refractivity contribution is 5.27. The molecule has 2 atom stereocenters. The van der Waals surface area contributed by atoms with Gasteiger partial charge in [-0.3, -0.25) is 0 Å². The van der Waals surface area contributed by atoms with E-state index < -0.39 is 0 Å². The van der Waals surface area contributed by atoms with Crippen LogP contribution in [0.15, 0.2) is 24.3 Å². The smallest absolute Gasteiger partial charge is 0.118 e. The number of rotatable bonds is 7. The average Bonchev–Trinajstić information content (AvgIpc) is 2.97. The van der Waals surface area contributed by atoms with Crippen molar-refractivity contribution in [1.29, 1.82) is 0 Å². The van der Waals surface area contributed by atoms with E-state index in [1.165, 1.54) is 18.4 Å². The Morgan fingerprint density at radius 2 is 2.16 bits per heavy atom. The number of benzene rings is 1. The minimum Gasteiger partial charge on any atom is -0.497 e. The predicted octanol–water partition coefficient (Wildman–Crippen LogP) is 2.78. The minimum absolute atomic E-state index is 0.466. The van der Waals surface area contributed by atoms with E-state index in [0.717, 1.165) is 31.6 Å². The van der Waals surface area contributed by atoms with E-state index in [-0.39, 0.29) is 0 Å². The van der Waals surface area contributed by atoms with Gasteiger partial charge in [0.15, 0.2) is 0 Å². The third kappa shape index (κ3) is 4.51. The van der Waals surface area contributed by atoms with Gasteiger partial charge in [-0.25, -0.2) is 0 Å². The van der Waals surface area contributed by atoms with Gasteiger partial charge in [0.2, 0.25) is 0 Å². The highest BCUT2D eigenvalue weighted by atomic mass is 16.5. The first-order chi connectivity index (χ1) is 9.31. The molecule has 0 saturated carbocycles. The molecule has 2 rings (SSSR count). The monoisotopic (exact) mass is 263 g/mol. The third-order valence-electron chi connectivity index (χ3n) is 3.92. The highest BCUT2D eigenvalue weighted by Crippen LogP contribution is 2.19. The largest absolute Gasteiger partial charge is 0.497 e. The standard InChI is InChI=1S/C16H25NO2/c1-17-14(12-16-4-3-11-19-16)8-5-13-6-9-15(18-2)10-7-13/h6-7,9-10,14,16-17H,3-5,8,11-12H2,1-2H3. The van der Waals surface area contributed by atoms with Crippen LogP contribution in [0.4, 0.5) is 0 Å². The topological polar surface area (TPSA) is 30.5 Å². The molecule has 1 aliphatic rings. The number of methoxy groups -OCH3 is 1. The van der Waals surface area contributed by atoms with Gasteiger partial charge in [-0.15, -0.1) is 0 Å². The molecule has 1 aliphatic heterocycles. The first kappa shape index (κ1) is 14.4. The molecular weight excluding hydrogens is 238 g/mol. The highest BCUT2D eigenvalue weighted by Gasteiger charge is 2.19. The van der Waals surface area contributed by atoms with Crippen molar-refractivity contribution >= 4 is 0 Å². The molecule has 3 heteroatoms. The number of hydrogen-bond acceptors (Lipinski definition) is 3. The lowest BCUT2D eigenvalue weighted by atomic mass is 9.99. The lowest BCUT2D eigenvalue weighted by Crippen LogP contribution is -2.30. The van der Waals surface area contributed by atoms with Gasteiger partial charge >= 0.3 is 0 Å². The first-order valence-electron chi connectivity index (χ1n) is 7.23. The zero-order valence-electron chi connectivity index (χ0n) is 12.0. The molecule has 1 aromatic rings. The van der Waals surface area contributed by atoms with Gasteiger partial charge in [-0.05, 0) is 56.8 Å². The van der Waals surface area contributed by atoms with E-state index in [9.17, 15) is 0 Å².